The molecule has 1 saturated heterocycles. The molecule has 1 N–H and O–H groups in total. The summed E-state index contributed by atoms with van der Waals surface area (Å²) in [5, 5.41) is 9.95. The number of carboxylic acid groups (broad SMARTS) is 1. The molecule has 0 spiro atoms. The molecule has 2 rings (SSSR count). The molecule has 1 aromatic rings. The summed E-state index contributed by atoms with van der Waals surface area (Å²) in [5.74, 6) is -0.249. The third-order valence-corrected chi connectivity index (χ3v) is 4.90. The molecular weight excluding hydrogens is 297 g/mol. The minimum Gasteiger partial charge on any atom is -0.481 e. The first-order valence-electron chi connectivity index (χ1n) is 6.88. The van der Waals surface area contributed by atoms with Gasteiger partial charge in [-0.3, -0.25) is 9.69 Å². The Labute approximate surface area is 129 Å². The number of carbonyl (C=O) groups is 1. The Hall–Kier alpha value is -0.770. The van der Waals surface area contributed by atoms with E-state index in [1.165, 1.54) is 0 Å². The highest BCUT2D eigenvalue weighted by Gasteiger charge is 2.28. The van der Waals surface area contributed by atoms with Gasteiger partial charge in [0.05, 0.1) is 10.0 Å². The van der Waals surface area contributed by atoms with Gasteiger partial charge in [0.2, 0.25) is 0 Å². The lowest BCUT2D eigenvalue weighted by Gasteiger charge is -2.25. The summed E-state index contributed by atoms with van der Waals surface area (Å²) in [4.78, 5) is 13.0. The average Bonchev–Trinajstić information content (AvgIpc) is 2.87. The number of hydrogen-bond donors (Lipinski definition) is 1. The summed E-state index contributed by atoms with van der Waals surface area (Å²) in [6.07, 6.45) is 2.06. The summed E-state index contributed by atoms with van der Waals surface area (Å²) in [6, 6.07) is 5.91. The molecule has 0 aromatic heterocycles. The maximum atomic E-state index is 10.6. The van der Waals surface area contributed by atoms with Crippen LogP contribution in [0.5, 0.6) is 0 Å². The van der Waals surface area contributed by atoms with Crippen molar-refractivity contribution in [1.82, 2.24) is 4.90 Å². The Morgan fingerprint density at radius 1 is 1.50 bits per heavy atom. The van der Waals surface area contributed by atoms with Crippen molar-refractivity contribution >= 4 is 29.2 Å². The number of carboxylic acids is 1. The molecule has 20 heavy (non-hydrogen) atoms. The molecule has 1 aliphatic heterocycles. The van der Waals surface area contributed by atoms with Gasteiger partial charge in [-0.25, -0.2) is 0 Å². The van der Waals surface area contributed by atoms with E-state index in [0.29, 0.717) is 16.0 Å². The predicted molar refractivity (Wildman–Crippen MR) is 81.4 cm³/mol. The molecule has 1 heterocycles. The number of likely N-dealkylation sites (tertiary alicyclic amines) is 1. The van der Waals surface area contributed by atoms with Gasteiger partial charge in [-0.1, -0.05) is 35.3 Å². The highest BCUT2D eigenvalue weighted by atomic mass is 35.5. The van der Waals surface area contributed by atoms with Crippen molar-refractivity contribution < 1.29 is 9.90 Å². The molecule has 0 saturated carbocycles. The van der Waals surface area contributed by atoms with Gasteiger partial charge in [-0.2, -0.15) is 0 Å². The molecule has 110 valence electrons. The molecule has 0 bridgehead atoms. The molecular formula is C15H19Cl2NO2. The number of halogens is 2. The van der Waals surface area contributed by atoms with Crippen LogP contribution in [0.1, 0.15) is 37.8 Å². The maximum Gasteiger partial charge on any atom is 0.303 e. The Bertz CT molecular complexity index is 493. The molecule has 1 fully saturated rings. The molecule has 1 aromatic carbocycles. The first kappa shape index (κ1) is 15.6. The summed E-state index contributed by atoms with van der Waals surface area (Å²) in [5.41, 5.74) is 1.04. The first-order valence-corrected chi connectivity index (χ1v) is 7.64. The van der Waals surface area contributed by atoms with Gasteiger partial charge in [0.25, 0.3) is 0 Å². The smallest absolute Gasteiger partial charge is 0.303 e. The van der Waals surface area contributed by atoms with E-state index in [4.69, 9.17) is 28.3 Å². The van der Waals surface area contributed by atoms with Crippen LogP contribution in [-0.2, 0) is 4.79 Å². The Morgan fingerprint density at radius 3 is 2.95 bits per heavy atom. The minimum atomic E-state index is -0.714. The zero-order chi connectivity index (χ0) is 14.7. The van der Waals surface area contributed by atoms with E-state index in [1.807, 2.05) is 12.1 Å². The topological polar surface area (TPSA) is 40.5 Å². The van der Waals surface area contributed by atoms with Crippen LogP contribution in [0.4, 0.5) is 0 Å². The normalized spacial score (nSPS) is 21.1. The molecule has 0 radical (unpaired) electrons. The number of rotatable bonds is 5. The number of hydrogen-bond acceptors (Lipinski definition) is 2. The fourth-order valence-electron chi connectivity index (χ4n) is 2.82. The molecule has 2 atom stereocenters. The summed E-state index contributed by atoms with van der Waals surface area (Å²) >= 11 is 12.3. The Morgan fingerprint density at radius 2 is 2.25 bits per heavy atom. The first-order chi connectivity index (χ1) is 9.49. The van der Waals surface area contributed by atoms with Crippen LogP contribution >= 0.6 is 23.2 Å². The van der Waals surface area contributed by atoms with Crippen molar-refractivity contribution in [3.8, 4) is 0 Å². The van der Waals surface area contributed by atoms with Crippen LogP contribution in [0.15, 0.2) is 18.2 Å². The van der Waals surface area contributed by atoms with Gasteiger partial charge in [0, 0.05) is 19.0 Å². The van der Waals surface area contributed by atoms with Gasteiger partial charge in [-0.05, 0) is 43.9 Å². The van der Waals surface area contributed by atoms with E-state index in [0.717, 1.165) is 31.5 Å². The van der Waals surface area contributed by atoms with Crippen molar-refractivity contribution in [3.05, 3.63) is 33.8 Å². The van der Waals surface area contributed by atoms with Crippen LogP contribution in [0.25, 0.3) is 0 Å². The van der Waals surface area contributed by atoms with Crippen LogP contribution in [-0.4, -0.2) is 29.1 Å². The van der Waals surface area contributed by atoms with E-state index in [9.17, 15) is 4.79 Å². The monoisotopic (exact) mass is 315 g/mol. The van der Waals surface area contributed by atoms with E-state index in [1.54, 1.807) is 6.07 Å². The van der Waals surface area contributed by atoms with Crippen LogP contribution in [0, 0.1) is 5.92 Å². The van der Waals surface area contributed by atoms with Crippen LogP contribution in [0.2, 0.25) is 10.0 Å². The van der Waals surface area contributed by atoms with Gasteiger partial charge in [0.15, 0.2) is 0 Å². The lowest BCUT2D eigenvalue weighted by Crippen LogP contribution is -2.25. The third kappa shape index (κ3) is 3.66. The lowest BCUT2D eigenvalue weighted by molar-refractivity contribution is -0.137. The molecule has 3 nitrogen and oxygen atoms in total. The number of nitrogens with zero attached hydrogens (tertiary/aromatic N) is 1. The van der Waals surface area contributed by atoms with Crippen molar-refractivity contribution in [2.75, 3.05) is 13.1 Å². The van der Waals surface area contributed by atoms with E-state index in [2.05, 4.69) is 11.8 Å². The SMILES string of the molecule is CC(c1cccc(Cl)c1Cl)N1CCC(CCC(=O)O)C1. The predicted octanol–water partition coefficient (Wildman–Crippen LogP) is 4.24. The molecule has 5 heteroatoms. The second-order valence-corrected chi connectivity index (χ2v) is 6.19. The average molecular weight is 316 g/mol. The van der Waals surface area contributed by atoms with Gasteiger partial charge in [-0.15, -0.1) is 0 Å². The highest BCUT2D eigenvalue weighted by Crippen LogP contribution is 2.35. The van der Waals surface area contributed by atoms with E-state index >= 15 is 0 Å². The van der Waals surface area contributed by atoms with Gasteiger partial charge in [0.1, 0.15) is 0 Å². The second-order valence-electron chi connectivity index (χ2n) is 5.40. The number of benzene rings is 1. The third-order valence-electron chi connectivity index (χ3n) is 4.06. The summed E-state index contributed by atoms with van der Waals surface area (Å²) in [7, 11) is 0. The maximum absolute atomic E-state index is 10.6. The zero-order valence-electron chi connectivity index (χ0n) is 11.5. The van der Waals surface area contributed by atoms with Crippen LogP contribution in [0.3, 0.4) is 0 Å². The summed E-state index contributed by atoms with van der Waals surface area (Å²) < 4.78 is 0. The largest absolute Gasteiger partial charge is 0.481 e. The van der Waals surface area contributed by atoms with Crippen LogP contribution < -0.4 is 0 Å². The quantitative estimate of drug-likeness (QED) is 0.883. The standard InChI is InChI=1S/C15H19Cl2NO2/c1-10(12-3-2-4-13(16)15(12)17)18-8-7-11(9-18)5-6-14(19)20/h2-4,10-11H,5-9H2,1H3,(H,19,20). The lowest BCUT2D eigenvalue weighted by atomic mass is 10.0. The molecule has 0 amide bonds. The van der Waals surface area contributed by atoms with E-state index in [-0.39, 0.29) is 12.5 Å². The van der Waals surface area contributed by atoms with Crippen molar-refractivity contribution in [3.63, 3.8) is 0 Å². The Balaban J connectivity index is 1.99. The highest BCUT2D eigenvalue weighted by molar-refractivity contribution is 6.42. The fourth-order valence-corrected chi connectivity index (χ4v) is 3.28. The van der Waals surface area contributed by atoms with E-state index < -0.39 is 5.97 Å². The van der Waals surface area contributed by atoms with Crippen molar-refractivity contribution in [1.29, 1.82) is 0 Å². The number of aliphatic carboxylic acids is 1. The fraction of sp³-hybridized carbons (Fsp3) is 0.533. The van der Waals surface area contributed by atoms with Gasteiger partial charge >= 0.3 is 5.97 Å². The zero-order valence-corrected chi connectivity index (χ0v) is 13.0. The molecule has 0 aliphatic carbocycles. The molecule has 1 aliphatic rings. The molecule has 2 unspecified atom stereocenters. The Kier molecular flexibility index (Phi) is 5.30. The van der Waals surface area contributed by atoms with Crippen molar-refractivity contribution in [2.45, 2.75) is 32.2 Å². The minimum absolute atomic E-state index is 0.205. The summed E-state index contributed by atoms with van der Waals surface area (Å²) in [6.45, 7) is 4.03. The van der Waals surface area contributed by atoms with Crippen molar-refractivity contribution in [2.24, 2.45) is 5.92 Å². The van der Waals surface area contributed by atoms with Gasteiger partial charge < -0.3 is 5.11 Å². The second kappa shape index (κ2) is 6.79.